The molecule has 2 aromatic carbocycles. The van der Waals surface area contributed by atoms with Crippen molar-refractivity contribution in [2.24, 2.45) is 0 Å². The van der Waals surface area contributed by atoms with E-state index in [0.29, 0.717) is 28.1 Å². The number of carbonyl (C=O) groups excluding carboxylic acids is 1. The Bertz CT molecular complexity index is 911. The fourth-order valence-electron chi connectivity index (χ4n) is 2.63. The molecule has 134 valence electrons. The fourth-order valence-corrected chi connectivity index (χ4v) is 2.63. The topological polar surface area (TPSA) is 90.7 Å². The van der Waals surface area contributed by atoms with Crippen LogP contribution in [0.1, 0.15) is 16.7 Å². The number of nitro benzene ring substituents is 1. The van der Waals surface area contributed by atoms with E-state index in [1.807, 2.05) is 0 Å². The predicted molar refractivity (Wildman–Crippen MR) is 92.2 cm³/mol. The molecule has 7 nitrogen and oxygen atoms in total. The zero-order chi connectivity index (χ0) is 18.7. The highest BCUT2D eigenvalue weighted by Crippen LogP contribution is 2.30. The molecule has 0 saturated heterocycles. The molecule has 1 N–H and O–H groups in total. The number of nitro groups is 1. The van der Waals surface area contributed by atoms with E-state index in [9.17, 15) is 19.3 Å². The number of hydrogen-bond donors (Lipinski definition) is 1. The first-order valence-corrected chi connectivity index (χ1v) is 7.71. The van der Waals surface area contributed by atoms with Gasteiger partial charge in [0.2, 0.25) is 5.91 Å². The van der Waals surface area contributed by atoms with Gasteiger partial charge in [-0.25, -0.2) is 4.39 Å². The maximum atomic E-state index is 13.7. The SMILES string of the molecule is Cc1c(NC(=O)C=Cc2cc(F)cc3c2OCOC3)cccc1[N+](=O)[O-]. The van der Waals surface area contributed by atoms with Gasteiger partial charge in [0, 0.05) is 23.3 Å². The van der Waals surface area contributed by atoms with E-state index in [0.717, 1.165) is 0 Å². The summed E-state index contributed by atoms with van der Waals surface area (Å²) in [6.07, 6.45) is 2.64. The Kier molecular flexibility index (Phi) is 4.94. The van der Waals surface area contributed by atoms with E-state index in [4.69, 9.17) is 9.47 Å². The molecule has 0 aromatic heterocycles. The normalized spacial score (nSPS) is 13.2. The lowest BCUT2D eigenvalue weighted by atomic mass is 10.1. The summed E-state index contributed by atoms with van der Waals surface area (Å²) in [5.41, 5.74) is 1.57. The molecule has 0 unspecified atom stereocenters. The van der Waals surface area contributed by atoms with Gasteiger partial charge in [0.25, 0.3) is 5.69 Å². The molecular formula is C18H15FN2O5. The van der Waals surface area contributed by atoms with Gasteiger partial charge in [-0.1, -0.05) is 6.07 Å². The number of halogens is 1. The fraction of sp³-hybridized carbons (Fsp3) is 0.167. The third-order valence-corrected chi connectivity index (χ3v) is 3.88. The van der Waals surface area contributed by atoms with Crippen molar-refractivity contribution in [3.8, 4) is 5.75 Å². The van der Waals surface area contributed by atoms with Crippen molar-refractivity contribution in [2.75, 3.05) is 12.1 Å². The van der Waals surface area contributed by atoms with E-state index < -0.39 is 16.6 Å². The molecule has 1 heterocycles. The highest BCUT2D eigenvalue weighted by molar-refractivity contribution is 6.02. The van der Waals surface area contributed by atoms with Crippen LogP contribution in [-0.2, 0) is 16.1 Å². The Morgan fingerprint density at radius 3 is 2.96 bits per heavy atom. The largest absolute Gasteiger partial charge is 0.467 e. The average Bonchev–Trinajstić information content (AvgIpc) is 2.61. The lowest BCUT2D eigenvalue weighted by Gasteiger charge is -2.19. The number of benzene rings is 2. The number of amides is 1. The molecular weight excluding hydrogens is 343 g/mol. The van der Waals surface area contributed by atoms with Gasteiger partial charge >= 0.3 is 0 Å². The van der Waals surface area contributed by atoms with Gasteiger partial charge in [0.05, 0.1) is 22.8 Å². The molecule has 1 aliphatic rings. The molecule has 26 heavy (non-hydrogen) atoms. The number of fused-ring (bicyclic) bond motifs is 1. The first-order valence-electron chi connectivity index (χ1n) is 7.71. The minimum atomic E-state index is -0.515. The van der Waals surface area contributed by atoms with Gasteiger partial charge < -0.3 is 14.8 Å². The van der Waals surface area contributed by atoms with Crippen molar-refractivity contribution in [3.05, 3.63) is 69.0 Å². The number of nitrogens with one attached hydrogen (secondary N) is 1. The zero-order valence-corrected chi connectivity index (χ0v) is 13.8. The summed E-state index contributed by atoms with van der Waals surface area (Å²) in [5, 5.41) is 13.5. The van der Waals surface area contributed by atoms with Gasteiger partial charge in [0.15, 0.2) is 6.79 Å². The van der Waals surface area contributed by atoms with E-state index in [1.165, 1.54) is 36.4 Å². The Balaban J connectivity index is 1.80. The van der Waals surface area contributed by atoms with Crippen molar-refractivity contribution < 1.29 is 23.6 Å². The Morgan fingerprint density at radius 1 is 1.38 bits per heavy atom. The number of ether oxygens (including phenoxy) is 2. The maximum Gasteiger partial charge on any atom is 0.274 e. The minimum Gasteiger partial charge on any atom is -0.467 e. The Labute approximate surface area is 148 Å². The summed E-state index contributed by atoms with van der Waals surface area (Å²) in [6, 6.07) is 6.99. The molecule has 2 aromatic rings. The summed E-state index contributed by atoms with van der Waals surface area (Å²) >= 11 is 0. The van der Waals surface area contributed by atoms with Gasteiger partial charge in [-0.05, 0) is 31.2 Å². The maximum absolute atomic E-state index is 13.7. The summed E-state index contributed by atoms with van der Waals surface area (Å²) in [6.45, 7) is 1.83. The summed E-state index contributed by atoms with van der Waals surface area (Å²) in [7, 11) is 0. The molecule has 0 radical (unpaired) electrons. The molecule has 8 heteroatoms. The zero-order valence-electron chi connectivity index (χ0n) is 13.8. The van der Waals surface area contributed by atoms with Crippen molar-refractivity contribution in [2.45, 2.75) is 13.5 Å². The molecule has 1 aliphatic heterocycles. The van der Waals surface area contributed by atoms with Crippen LogP contribution < -0.4 is 10.1 Å². The second-order valence-electron chi connectivity index (χ2n) is 5.62. The number of anilines is 1. The van der Waals surface area contributed by atoms with Crippen LogP contribution in [0.5, 0.6) is 5.75 Å². The van der Waals surface area contributed by atoms with Gasteiger partial charge in [0.1, 0.15) is 11.6 Å². The van der Waals surface area contributed by atoms with Crippen LogP contribution in [0.2, 0.25) is 0 Å². The number of nitrogens with zero attached hydrogens (tertiary/aromatic N) is 1. The van der Waals surface area contributed by atoms with Crippen LogP contribution in [0, 0.1) is 22.9 Å². The predicted octanol–water partition coefficient (Wildman–Crippen LogP) is 3.56. The van der Waals surface area contributed by atoms with Crippen LogP contribution >= 0.6 is 0 Å². The lowest BCUT2D eigenvalue weighted by Crippen LogP contribution is -2.13. The lowest BCUT2D eigenvalue weighted by molar-refractivity contribution is -0.385. The molecule has 0 aliphatic carbocycles. The standard InChI is InChI=1S/C18H15FN2O5/c1-11-15(3-2-4-16(11)21(23)24)20-17(22)6-5-12-7-14(19)8-13-9-25-10-26-18(12)13/h2-8H,9-10H2,1H3,(H,20,22). The second-order valence-corrected chi connectivity index (χ2v) is 5.62. The van der Waals surface area contributed by atoms with Crippen LogP contribution in [0.4, 0.5) is 15.8 Å². The van der Waals surface area contributed by atoms with Crippen molar-refractivity contribution in [3.63, 3.8) is 0 Å². The monoisotopic (exact) mass is 358 g/mol. The number of rotatable bonds is 4. The Morgan fingerprint density at radius 2 is 2.19 bits per heavy atom. The van der Waals surface area contributed by atoms with Crippen LogP contribution in [0.15, 0.2) is 36.4 Å². The molecule has 0 spiro atoms. The van der Waals surface area contributed by atoms with Crippen molar-refractivity contribution >= 4 is 23.4 Å². The highest BCUT2D eigenvalue weighted by atomic mass is 19.1. The number of carbonyl (C=O) groups is 1. The first-order chi connectivity index (χ1) is 12.5. The molecule has 1 amide bonds. The van der Waals surface area contributed by atoms with E-state index >= 15 is 0 Å². The van der Waals surface area contributed by atoms with Crippen molar-refractivity contribution in [1.82, 2.24) is 0 Å². The van der Waals surface area contributed by atoms with Crippen LogP contribution in [0.3, 0.4) is 0 Å². The minimum absolute atomic E-state index is 0.0541. The summed E-state index contributed by atoms with van der Waals surface area (Å²) < 4.78 is 24.2. The number of hydrogen-bond acceptors (Lipinski definition) is 5. The highest BCUT2D eigenvalue weighted by Gasteiger charge is 2.16. The molecule has 3 rings (SSSR count). The average molecular weight is 358 g/mol. The smallest absolute Gasteiger partial charge is 0.274 e. The van der Waals surface area contributed by atoms with Gasteiger partial charge in [-0.15, -0.1) is 0 Å². The quantitative estimate of drug-likeness (QED) is 0.513. The van der Waals surface area contributed by atoms with Crippen LogP contribution in [0.25, 0.3) is 6.08 Å². The van der Waals surface area contributed by atoms with Gasteiger partial charge in [-0.2, -0.15) is 0 Å². The Hall–Kier alpha value is -3.26. The summed E-state index contributed by atoms with van der Waals surface area (Å²) in [4.78, 5) is 22.6. The second kappa shape index (κ2) is 7.32. The van der Waals surface area contributed by atoms with Gasteiger partial charge in [-0.3, -0.25) is 14.9 Å². The molecule has 0 bridgehead atoms. The summed E-state index contributed by atoms with van der Waals surface area (Å²) in [5.74, 6) is -0.501. The molecule has 0 saturated carbocycles. The van der Waals surface area contributed by atoms with E-state index in [2.05, 4.69) is 5.32 Å². The van der Waals surface area contributed by atoms with E-state index in [-0.39, 0.29) is 19.1 Å². The van der Waals surface area contributed by atoms with Crippen molar-refractivity contribution in [1.29, 1.82) is 0 Å². The van der Waals surface area contributed by atoms with Crippen LogP contribution in [-0.4, -0.2) is 17.6 Å². The molecule has 0 fully saturated rings. The third-order valence-electron chi connectivity index (χ3n) is 3.88. The van der Waals surface area contributed by atoms with E-state index in [1.54, 1.807) is 13.0 Å². The molecule has 0 atom stereocenters. The third kappa shape index (κ3) is 3.70. The first kappa shape index (κ1) is 17.6.